The zero-order chi connectivity index (χ0) is 15.9. The molecule has 0 bridgehead atoms. The van der Waals surface area contributed by atoms with Gasteiger partial charge in [-0.15, -0.1) is 12.4 Å². The number of aromatic nitrogens is 2. The number of hydrogen-bond donors (Lipinski definition) is 1. The molecule has 5 nitrogen and oxygen atoms in total. The summed E-state index contributed by atoms with van der Waals surface area (Å²) in [5.41, 5.74) is 2.44. The highest BCUT2D eigenvalue weighted by Gasteiger charge is 2.06. The van der Waals surface area contributed by atoms with Crippen LogP contribution in [0.3, 0.4) is 0 Å². The summed E-state index contributed by atoms with van der Waals surface area (Å²) in [6.45, 7) is 6.00. The highest BCUT2D eigenvalue weighted by molar-refractivity contribution is 5.85. The Morgan fingerprint density at radius 1 is 1.13 bits per heavy atom. The largest absolute Gasteiger partial charge is 0.493 e. The van der Waals surface area contributed by atoms with Gasteiger partial charge in [-0.3, -0.25) is 4.68 Å². The van der Waals surface area contributed by atoms with Gasteiger partial charge in [0, 0.05) is 18.8 Å². The van der Waals surface area contributed by atoms with Crippen molar-refractivity contribution >= 4 is 12.4 Å². The van der Waals surface area contributed by atoms with Crippen molar-refractivity contribution in [3.63, 3.8) is 0 Å². The number of benzene rings is 1. The van der Waals surface area contributed by atoms with Crippen molar-refractivity contribution in [3.8, 4) is 11.5 Å². The second-order valence-electron chi connectivity index (χ2n) is 5.48. The summed E-state index contributed by atoms with van der Waals surface area (Å²) in [5.74, 6) is 1.54. The number of halogens is 1. The molecule has 2 rings (SSSR count). The van der Waals surface area contributed by atoms with E-state index >= 15 is 0 Å². The smallest absolute Gasteiger partial charge is 0.160 e. The lowest BCUT2D eigenvalue weighted by Crippen LogP contribution is -2.20. The molecule has 23 heavy (non-hydrogen) atoms. The second-order valence-corrected chi connectivity index (χ2v) is 5.48. The molecule has 2 aromatic rings. The van der Waals surface area contributed by atoms with Crippen molar-refractivity contribution in [1.29, 1.82) is 0 Å². The molecule has 0 aliphatic carbocycles. The lowest BCUT2D eigenvalue weighted by atomic mass is 10.1. The fourth-order valence-corrected chi connectivity index (χ4v) is 2.43. The Morgan fingerprint density at radius 2 is 1.87 bits per heavy atom. The van der Waals surface area contributed by atoms with E-state index in [4.69, 9.17) is 9.47 Å². The lowest BCUT2D eigenvalue weighted by molar-refractivity contribution is 0.354. The molecule has 0 aliphatic rings. The van der Waals surface area contributed by atoms with Gasteiger partial charge in [-0.1, -0.05) is 6.07 Å². The Bertz CT molecular complexity index is 599. The van der Waals surface area contributed by atoms with Gasteiger partial charge in [0.05, 0.1) is 19.9 Å². The minimum atomic E-state index is 0. The van der Waals surface area contributed by atoms with E-state index in [-0.39, 0.29) is 12.4 Å². The Kier molecular flexibility index (Phi) is 7.92. The average Bonchev–Trinajstić information content (AvgIpc) is 3.00. The molecule has 1 heterocycles. The van der Waals surface area contributed by atoms with Gasteiger partial charge in [0.25, 0.3) is 0 Å². The minimum absolute atomic E-state index is 0. The van der Waals surface area contributed by atoms with Gasteiger partial charge in [0.2, 0.25) is 0 Å². The Labute approximate surface area is 144 Å². The summed E-state index contributed by atoms with van der Waals surface area (Å²) in [7, 11) is 3.31. The first kappa shape index (κ1) is 19.3. The molecule has 0 saturated heterocycles. The molecular formula is C17H26ClN3O2. The van der Waals surface area contributed by atoms with E-state index in [1.54, 1.807) is 14.2 Å². The maximum atomic E-state index is 5.33. The van der Waals surface area contributed by atoms with Crippen molar-refractivity contribution in [2.75, 3.05) is 20.8 Å². The van der Waals surface area contributed by atoms with E-state index in [2.05, 4.69) is 36.4 Å². The van der Waals surface area contributed by atoms with E-state index in [0.29, 0.717) is 6.04 Å². The van der Waals surface area contributed by atoms with Gasteiger partial charge < -0.3 is 14.8 Å². The third-order valence-corrected chi connectivity index (χ3v) is 3.59. The summed E-state index contributed by atoms with van der Waals surface area (Å²) < 4.78 is 12.6. The van der Waals surface area contributed by atoms with E-state index in [0.717, 1.165) is 31.0 Å². The molecule has 128 valence electrons. The second kappa shape index (κ2) is 9.43. The van der Waals surface area contributed by atoms with Crippen molar-refractivity contribution in [3.05, 3.63) is 41.7 Å². The third kappa shape index (κ3) is 5.15. The summed E-state index contributed by atoms with van der Waals surface area (Å²) in [6.07, 6.45) is 2.79. The maximum absolute atomic E-state index is 5.33. The maximum Gasteiger partial charge on any atom is 0.160 e. The number of methoxy groups -OCH3 is 2. The van der Waals surface area contributed by atoms with E-state index < -0.39 is 0 Å². The quantitative estimate of drug-likeness (QED) is 0.750. The SMILES string of the molecule is COc1ccc(CCNCc2ccnn2C(C)C)cc1OC.Cl. The Balaban J connectivity index is 0.00000264. The number of rotatable bonds is 8. The summed E-state index contributed by atoms with van der Waals surface area (Å²) in [4.78, 5) is 0. The van der Waals surface area contributed by atoms with Crippen molar-refractivity contribution in [2.24, 2.45) is 0 Å². The molecule has 0 saturated carbocycles. The minimum Gasteiger partial charge on any atom is -0.493 e. The van der Waals surface area contributed by atoms with E-state index in [9.17, 15) is 0 Å². The first-order chi connectivity index (χ1) is 10.7. The molecule has 0 amide bonds. The molecule has 0 atom stereocenters. The van der Waals surface area contributed by atoms with Crippen LogP contribution in [-0.2, 0) is 13.0 Å². The topological polar surface area (TPSA) is 48.3 Å². The van der Waals surface area contributed by atoms with Crippen LogP contribution in [0.15, 0.2) is 30.5 Å². The zero-order valence-electron chi connectivity index (χ0n) is 14.2. The van der Waals surface area contributed by atoms with Crippen LogP contribution >= 0.6 is 12.4 Å². The summed E-state index contributed by atoms with van der Waals surface area (Å²) >= 11 is 0. The van der Waals surface area contributed by atoms with Crippen LogP contribution in [0.5, 0.6) is 11.5 Å². The summed E-state index contributed by atoms with van der Waals surface area (Å²) in [5, 5.41) is 7.81. The fraction of sp³-hybridized carbons (Fsp3) is 0.471. The van der Waals surface area contributed by atoms with Crippen molar-refractivity contribution in [1.82, 2.24) is 15.1 Å². The van der Waals surface area contributed by atoms with Gasteiger partial charge in [-0.25, -0.2) is 0 Å². The zero-order valence-corrected chi connectivity index (χ0v) is 15.0. The first-order valence-corrected chi connectivity index (χ1v) is 7.59. The van der Waals surface area contributed by atoms with Crippen LogP contribution < -0.4 is 14.8 Å². The monoisotopic (exact) mass is 339 g/mol. The normalized spacial score (nSPS) is 10.5. The molecule has 0 fully saturated rings. The van der Waals surface area contributed by atoms with Gasteiger partial charge in [0.15, 0.2) is 11.5 Å². The van der Waals surface area contributed by atoms with Crippen LogP contribution in [0.2, 0.25) is 0 Å². The molecule has 0 aliphatic heterocycles. The van der Waals surface area contributed by atoms with Crippen molar-refractivity contribution < 1.29 is 9.47 Å². The number of nitrogens with one attached hydrogen (secondary N) is 1. The van der Waals surface area contributed by atoms with Crippen molar-refractivity contribution in [2.45, 2.75) is 32.9 Å². The van der Waals surface area contributed by atoms with Crippen LogP contribution in [0.25, 0.3) is 0 Å². The number of hydrogen-bond acceptors (Lipinski definition) is 4. The number of ether oxygens (including phenoxy) is 2. The predicted octanol–water partition coefficient (Wildman–Crippen LogP) is 3.24. The molecule has 1 N–H and O–H groups in total. The molecule has 6 heteroatoms. The van der Waals surface area contributed by atoms with Gasteiger partial charge in [-0.2, -0.15) is 5.10 Å². The van der Waals surface area contributed by atoms with E-state index in [1.165, 1.54) is 11.3 Å². The predicted molar refractivity (Wildman–Crippen MR) is 94.8 cm³/mol. The van der Waals surface area contributed by atoms with Crippen LogP contribution in [-0.4, -0.2) is 30.5 Å². The number of nitrogens with zero attached hydrogens (tertiary/aromatic N) is 2. The highest BCUT2D eigenvalue weighted by atomic mass is 35.5. The standard InChI is InChI=1S/C17H25N3O2.ClH/c1-13(2)20-15(8-10-19-20)12-18-9-7-14-5-6-16(21-3)17(11-14)22-4;/h5-6,8,10-11,13,18H,7,9,12H2,1-4H3;1H. The first-order valence-electron chi connectivity index (χ1n) is 7.59. The Morgan fingerprint density at radius 3 is 2.52 bits per heavy atom. The molecule has 0 spiro atoms. The molecule has 1 aromatic carbocycles. The summed E-state index contributed by atoms with van der Waals surface area (Å²) in [6, 6.07) is 8.49. The average molecular weight is 340 g/mol. The lowest BCUT2D eigenvalue weighted by Gasteiger charge is -2.12. The Hall–Kier alpha value is -1.72. The van der Waals surface area contributed by atoms with Crippen LogP contribution in [0.4, 0.5) is 0 Å². The molecule has 1 aromatic heterocycles. The third-order valence-electron chi connectivity index (χ3n) is 3.59. The van der Waals surface area contributed by atoms with Gasteiger partial charge >= 0.3 is 0 Å². The fourth-order valence-electron chi connectivity index (χ4n) is 2.43. The van der Waals surface area contributed by atoms with Gasteiger partial charge in [-0.05, 0) is 50.6 Å². The van der Waals surface area contributed by atoms with Crippen LogP contribution in [0.1, 0.15) is 31.1 Å². The molecular weight excluding hydrogens is 314 g/mol. The molecule has 0 unspecified atom stereocenters. The van der Waals surface area contributed by atoms with Crippen LogP contribution in [0, 0.1) is 0 Å². The van der Waals surface area contributed by atoms with E-state index in [1.807, 2.05) is 23.0 Å². The molecule has 0 radical (unpaired) electrons. The van der Waals surface area contributed by atoms with Gasteiger partial charge in [0.1, 0.15) is 0 Å². The highest BCUT2D eigenvalue weighted by Crippen LogP contribution is 2.27.